The Hall–Kier alpha value is -1.58. The molecule has 4 heteroatoms. The molecule has 1 aromatic rings. The van der Waals surface area contributed by atoms with Crippen molar-refractivity contribution in [3.63, 3.8) is 0 Å². The van der Waals surface area contributed by atoms with Crippen LogP contribution in [0.25, 0.3) is 0 Å². The molecule has 2 rings (SSSR count). The highest BCUT2D eigenvalue weighted by molar-refractivity contribution is 5.80. The third-order valence-electron chi connectivity index (χ3n) is 3.12. The zero-order chi connectivity index (χ0) is 12.4. The molecule has 1 unspecified atom stereocenters. The van der Waals surface area contributed by atoms with Gasteiger partial charge in [0, 0.05) is 31.4 Å². The summed E-state index contributed by atoms with van der Waals surface area (Å²) in [6.07, 6.45) is 7.71. The summed E-state index contributed by atoms with van der Waals surface area (Å²) in [7, 11) is 0. The van der Waals surface area contributed by atoms with E-state index < -0.39 is 0 Å². The minimum atomic E-state index is -0.171. The molecule has 0 fully saturated rings. The first-order valence-electron chi connectivity index (χ1n) is 6.07. The Morgan fingerprint density at radius 1 is 1.29 bits per heavy atom. The second kappa shape index (κ2) is 4.73. The third-order valence-corrected chi connectivity index (χ3v) is 3.12. The number of carbonyl (C=O) groups excluding carboxylic acids is 1. The highest BCUT2D eigenvalue weighted by atomic mass is 16.2. The van der Waals surface area contributed by atoms with Crippen LogP contribution >= 0.6 is 0 Å². The Kier molecular flexibility index (Phi) is 3.31. The van der Waals surface area contributed by atoms with E-state index in [0.717, 1.165) is 18.9 Å². The van der Waals surface area contributed by atoms with Gasteiger partial charge in [-0.3, -0.25) is 4.79 Å². The van der Waals surface area contributed by atoms with Crippen molar-refractivity contribution in [2.24, 2.45) is 0 Å². The first-order valence-corrected chi connectivity index (χ1v) is 6.07. The summed E-state index contributed by atoms with van der Waals surface area (Å²) in [5.41, 5.74) is 0. The van der Waals surface area contributed by atoms with E-state index in [1.807, 2.05) is 34.7 Å². The maximum Gasteiger partial charge on any atom is 0.245 e. The number of rotatable bonds is 3. The van der Waals surface area contributed by atoms with Crippen LogP contribution in [-0.2, 0) is 4.79 Å². The van der Waals surface area contributed by atoms with Gasteiger partial charge in [0.2, 0.25) is 5.91 Å². The van der Waals surface area contributed by atoms with Gasteiger partial charge in [-0.2, -0.15) is 0 Å². The lowest BCUT2D eigenvalue weighted by atomic mass is 10.2. The van der Waals surface area contributed by atoms with E-state index in [0.29, 0.717) is 5.92 Å². The lowest BCUT2D eigenvalue weighted by molar-refractivity contribution is -0.132. The average Bonchev–Trinajstić information content (AvgIpc) is 2.97. The fourth-order valence-electron chi connectivity index (χ4n) is 2.14. The number of aromatic nitrogens is 2. The molecule has 1 aromatic heterocycles. The number of amides is 1. The zero-order valence-electron chi connectivity index (χ0n) is 10.6. The molecule has 92 valence electrons. The van der Waals surface area contributed by atoms with Gasteiger partial charge in [0.15, 0.2) is 0 Å². The van der Waals surface area contributed by atoms with Gasteiger partial charge in [-0.05, 0) is 6.92 Å². The normalized spacial score (nSPS) is 16.8. The standard InChI is InChI=1S/C13H19N3O/c1-10(2)12-14-6-9-16(12)11(3)13(17)15-7-4-5-8-15/h4-6,9-11H,7-8H2,1-3H3. The molecule has 17 heavy (non-hydrogen) atoms. The van der Waals surface area contributed by atoms with E-state index in [4.69, 9.17) is 0 Å². The zero-order valence-corrected chi connectivity index (χ0v) is 10.6. The Morgan fingerprint density at radius 3 is 2.53 bits per heavy atom. The quantitative estimate of drug-likeness (QED) is 0.749. The lowest BCUT2D eigenvalue weighted by Crippen LogP contribution is -2.34. The summed E-state index contributed by atoms with van der Waals surface area (Å²) in [6.45, 7) is 7.58. The van der Waals surface area contributed by atoms with Crippen LogP contribution in [-0.4, -0.2) is 33.4 Å². The molecule has 0 aliphatic carbocycles. The van der Waals surface area contributed by atoms with Gasteiger partial charge < -0.3 is 9.47 Å². The van der Waals surface area contributed by atoms with Crippen LogP contribution in [0.4, 0.5) is 0 Å². The molecule has 0 aromatic carbocycles. The Balaban J connectivity index is 2.15. The number of imidazole rings is 1. The fraction of sp³-hybridized carbons (Fsp3) is 0.538. The predicted molar refractivity (Wildman–Crippen MR) is 66.7 cm³/mol. The number of hydrogen-bond donors (Lipinski definition) is 0. The molecule has 2 heterocycles. The Labute approximate surface area is 102 Å². The minimum absolute atomic E-state index is 0.162. The molecule has 1 amide bonds. The van der Waals surface area contributed by atoms with Crippen LogP contribution in [0.2, 0.25) is 0 Å². The number of nitrogens with zero attached hydrogens (tertiary/aromatic N) is 3. The molecule has 0 saturated carbocycles. The van der Waals surface area contributed by atoms with Crippen molar-refractivity contribution in [3.8, 4) is 0 Å². The maximum absolute atomic E-state index is 12.3. The smallest absolute Gasteiger partial charge is 0.245 e. The second-order valence-corrected chi connectivity index (χ2v) is 4.74. The molecule has 0 spiro atoms. The summed E-state index contributed by atoms with van der Waals surface area (Å²) in [5, 5.41) is 0. The van der Waals surface area contributed by atoms with Crippen LogP contribution in [0.1, 0.15) is 38.6 Å². The molecule has 1 aliphatic rings. The number of hydrogen-bond acceptors (Lipinski definition) is 2. The van der Waals surface area contributed by atoms with Crippen molar-refractivity contribution in [2.45, 2.75) is 32.7 Å². The highest BCUT2D eigenvalue weighted by Crippen LogP contribution is 2.19. The predicted octanol–water partition coefficient (Wildman–Crippen LogP) is 1.97. The van der Waals surface area contributed by atoms with Gasteiger partial charge in [-0.15, -0.1) is 0 Å². The summed E-state index contributed by atoms with van der Waals surface area (Å²) < 4.78 is 1.98. The molecular weight excluding hydrogens is 214 g/mol. The summed E-state index contributed by atoms with van der Waals surface area (Å²) in [5.74, 6) is 1.46. The van der Waals surface area contributed by atoms with Gasteiger partial charge in [-0.1, -0.05) is 26.0 Å². The SMILES string of the molecule is CC(C)c1nccn1C(C)C(=O)N1CC=CC1. The van der Waals surface area contributed by atoms with Gasteiger partial charge in [0.1, 0.15) is 11.9 Å². The van der Waals surface area contributed by atoms with Crippen molar-refractivity contribution < 1.29 is 4.79 Å². The second-order valence-electron chi connectivity index (χ2n) is 4.74. The van der Waals surface area contributed by atoms with Gasteiger partial charge in [0.25, 0.3) is 0 Å². The van der Waals surface area contributed by atoms with E-state index in [-0.39, 0.29) is 11.9 Å². The van der Waals surface area contributed by atoms with E-state index in [1.165, 1.54) is 0 Å². The molecular formula is C13H19N3O. The van der Waals surface area contributed by atoms with Gasteiger partial charge in [-0.25, -0.2) is 4.98 Å². The van der Waals surface area contributed by atoms with Crippen LogP contribution in [0.5, 0.6) is 0 Å². The van der Waals surface area contributed by atoms with Crippen LogP contribution < -0.4 is 0 Å². The minimum Gasteiger partial charge on any atom is -0.333 e. The topological polar surface area (TPSA) is 38.1 Å². The number of carbonyl (C=O) groups is 1. The Morgan fingerprint density at radius 2 is 1.94 bits per heavy atom. The van der Waals surface area contributed by atoms with Gasteiger partial charge >= 0.3 is 0 Å². The summed E-state index contributed by atoms with van der Waals surface area (Å²) in [4.78, 5) is 18.4. The molecule has 0 radical (unpaired) electrons. The van der Waals surface area contributed by atoms with E-state index in [9.17, 15) is 4.79 Å². The van der Waals surface area contributed by atoms with Crippen molar-refractivity contribution in [2.75, 3.05) is 13.1 Å². The summed E-state index contributed by atoms with van der Waals surface area (Å²) >= 11 is 0. The van der Waals surface area contributed by atoms with Crippen molar-refractivity contribution >= 4 is 5.91 Å². The molecule has 0 N–H and O–H groups in total. The maximum atomic E-state index is 12.3. The average molecular weight is 233 g/mol. The first-order chi connectivity index (χ1) is 8.11. The molecule has 0 bridgehead atoms. The van der Waals surface area contributed by atoms with Crippen LogP contribution in [0.3, 0.4) is 0 Å². The Bertz CT molecular complexity index is 426. The summed E-state index contributed by atoms with van der Waals surface area (Å²) in [6, 6.07) is -0.171. The van der Waals surface area contributed by atoms with E-state index in [1.54, 1.807) is 6.20 Å². The first kappa shape index (κ1) is 11.9. The largest absolute Gasteiger partial charge is 0.333 e. The molecule has 1 aliphatic heterocycles. The molecule has 1 atom stereocenters. The van der Waals surface area contributed by atoms with E-state index >= 15 is 0 Å². The van der Waals surface area contributed by atoms with E-state index in [2.05, 4.69) is 18.8 Å². The van der Waals surface area contributed by atoms with Crippen LogP contribution in [0, 0.1) is 0 Å². The van der Waals surface area contributed by atoms with Gasteiger partial charge in [0.05, 0.1) is 0 Å². The highest BCUT2D eigenvalue weighted by Gasteiger charge is 2.24. The van der Waals surface area contributed by atoms with Crippen molar-refractivity contribution in [3.05, 3.63) is 30.4 Å². The molecule has 0 saturated heterocycles. The third kappa shape index (κ3) is 2.25. The monoisotopic (exact) mass is 233 g/mol. The lowest BCUT2D eigenvalue weighted by Gasteiger charge is -2.23. The molecule has 4 nitrogen and oxygen atoms in total. The van der Waals surface area contributed by atoms with Crippen molar-refractivity contribution in [1.82, 2.24) is 14.5 Å². The van der Waals surface area contributed by atoms with Crippen molar-refractivity contribution in [1.29, 1.82) is 0 Å². The van der Waals surface area contributed by atoms with Crippen LogP contribution in [0.15, 0.2) is 24.5 Å². The fourth-order valence-corrected chi connectivity index (χ4v) is 2.14.